The Hall–Kier alpha value is -0.890. The molecule has 2 aliphatic carbocycles. The molecule has 4 rings (SSSR count). The van der Waals surface area contributed by atoms with Crippen molar-refractivity contribution in [3.8, 4) is 0 Å². The number of aliphatic hydroxyl groups excluding tert-OH is 1. The summed E-state index contributed by atoms with van der Waals surface area (Å²) in [5.74, 6) is 0. The molecule has 2 saturated carbocycles. The maximum atomic E-state index is 12.0. The Kier molecular flexibility index (Phi) is 6.16. The Morgan fingerprint density at radius 1 is 1.18 bits per heavy atom. The second-order valence-corrected chi connectivity index (χ2v) is 9.32. The highest BCUT2D eigenvalue weighted by molar-refractivity contribution is 5.68. The van der Waals surface area contributed by atoms with Gasteiger partial charge in [0, 0.05) is 44.9 Å². The van der Waals surface area contributed by atoms with Gasteiger partial charge >= 0.3 is 6.09 Å². The van der Waals surface area contributed by atoms with Crippen LogP contribution in [-0.2, 0) is 9.47 Å². The molecule has 160 valence electrons. The lowest BCUT2D eigenvalue weighted by atomic mass is 9.64. The first-order chi connectivity index (χ1) is 13.5. The first kappa shape index (κ1) is 20.4. The summed E-state index contributed by atoms with van der Waals surface area (Å²) in [4.78, 5) is 19.1. The third kappa shape index (κ3) is 4.32. The van der Waals surface area contributed by atoms with E-state index >= 15 is 0 Å². The molecule has 0 radical (unpaired) electrons. The van der Waals surface area contributed by atoms with E-state index in [1.54, 1.807) is 7.11 Å². The average Bonchev–Trinajstić information content (AvgIpc) is 3.42. The van der Waals surface area contributed by atoms with Crippen LogP contribution in [0.1, 0.15) is 51.9 Å². The summed E-state index contributed by atoms with van der Waals surface area (Å²) in [6.07, 6.45) is 7.67. The van der Waals surface area contributed by atoms with E-state index in [1.165, 1.54) is 38.5 Å². The zero-order valence-electron chi connectivity index (χ0n) is 17.5. The van der Waals surface area contributed by atoms with Crippen molar-refractivity contribution in [2.45, 2.75) is 76.3 Å². The van der Waals surface area contributed by atoms with Crippen LogP contribution >= 0.6 is 0 Å². The average molecular weight is 396 g/mol. The summed E-state index contributed by atoms with van der Waals surface area (Å²) in [6, 6.07) is 1.91. The Morgan fingerprint density at radius 2 is 1.86 bits per heavy atom. The van der Waals surface area contributed by atoms with Crippen molar-refractivity contribution < 1.29 is 19.4 Å². The maximum absolute atomic E-state index is 12.0. The zero-order chi connectivity index (χ0) is 19.7. The van der Waals surface area contributed by atoms with Gasteiger partial charge in [-0.15, -0.1) is 0 Å². The SMILES string of the molecule is CCOC(=O)N1CCC2(CC(N3CCC(N(CC(O)OC)C4CC4)CC3)C2)C1. The van der Waals surface area contributed by atoms with Gasteiger partial charge in [-0.25, -0.2) is 4.79 Å². The molecule has 2 saturated heterocycles. The smallest absolute Gasteiger partial charge is 0.409 e. The molecule has 1 N–H and O–H groups in total. The van der Waals surface area contributed by atoms with E-state index in [1.807, 2.05) is 11.8 Å². The molecule has 1 unspecified atom stereocenters. The first-order valence-corrected chi connectivity index (χ1v) is 11.2. The predicted molar refractivity (Wildman–Crippen MR) is 106 cm³/mol. The van der Waals surface area contributed by atoms with E-state index in [4.69, 9.17) is 9.47 Å². The molecule has 2 aliphatic heterocycles. The van der Waals surface area contributed by atoms with Gasteiger partial charge in [0.05, 0.1) is 6.61 Å². The molecule has 7 nitrogen and oxygen atoms in total. The molecular weight excluding hydrogens is 358 g/mol. The Morgan fingerprint density at radius 3 is 2.46 bits per heavy atom. The van der Waals surface area contributed by atoms with E-state index < -0.39 is 6.29 Å². The van der Waals surface area contributed by atoms with Crippen molar-refractivity contribution in [2.75, 3.05) is 46.4 Å². The number of amides is 1. The van der Waals surface area contributed by atoms with E-state index in [0.29, 0.717) is 36.7 Å². The number of carbonyl (C=O) groups excluding carboxylic acids is 1. The lowest BCUT2D eigenvalue weighted by Gasteiger charge is -2.52. The van der Waals surface area contributed by atoms with Crippen molar-refractivity contribution >= 4 is 6.09 Å². The normalized spacial score (nSPS) is 32.7. The quantitative estimate of drug-likeness (QED) is 0.664. The van der Waals surface area contributed by atoms with Crippen LogP contribution in [-0.4, -0.2) is 96.8 Å². The minimum atomic E-state index is -0.671. The molecule has 2 heterocycles. The number of rotatable bonds is 7. The Bertz CT molecular complexity index is 542. The summed E-state index contributed by atoms with van der Waals surface area (Å²) < 4.78 is 10.3. The molecule has 1 atom stereocenters. The molecule has 28 heavy (non-hydrogen) atoms. The van der Waals surface area contributed by atoms with Gasteiger partial charge in [0.15, 0.2) is 6.29 Å². The van der Waals surface area contributed by atoms with E-state index in [2.05, 4.69) is 9.80 Å². The molecule has 0 aromatic carbocycles. The summed E-state index contributed by atoms with van der Waals surface area (Å²) in [7, 11) is 1.58. The zero-order valence-corrected chi connectivity index (χ0v) is 17.5. The largest absolute Gasteiger partial charge is 0.450 e. The molecule has 7 heteroatoms. The third-order valence-corrected chi connectivity index (χ3v) is 7.44. The fourth-order valence-electron chi connectivity index (χ4n) is 5.68. The summed E-state index contributed by atoms with van der Waals surface area (Å²) in [5, 5.41) is 9.92. The number of methoxy groups -OCH3 is 1. The first-order valence-electron chi connectivity index (χ1n) is 11.2. The van der Waals surface area contributed by atoms with Crippen LogP contribution in [0.15, 0.2) is 0 Å². The topological polar surface area (TPSA) is 65.5 Å². The molecule has 4 fully saturated rings. The van der Waals surface area contributed by atoms with Gasteiger partial charge < -0.3 is 24.4 Å². The van der Waals surface area contributed by atoms with Gasteiger partial charge in [-0.2, -0.15) is 0 Å². The van der Waals surface area contributed by atoms with Gasteiger partial charge in [-0.1, -0.05) is 0 Å². The van der Waals surface area contributed by atoms with Gasteiger partial charge in [0.2, 0.25) is 0 Å². The second kappa shape index (κ2) is 8.46. The van der Waals surface area contributed by atoms with Crippen LogP contribution in [0.3, 0.4) is 0 Å². The van der Waals surface area contributed by atoms with Crippen LogP contribution < -0.4 is 0 Å². The van der Waals surface area contributed by atoms with Crippen LogP contribution in [0.4, 0.5) is 4.79 Å². The number of ether oxygens (including phenoxy) is 2. The Balaban J connectivity index is 1.22. The molecule has 0 bridgehead atoms. The lowest BCUT2D eigenvalue weighted by molar-refractivity contribution is -0.102. The summed E-state index contributed by atoms with van der Waals surface area (Å²) >= 11 is 0. The van der Waals surface area contributed by atoms with Crippen molar-refractivity contribution in [3.63, 3.8) is 0 Å². The number of hydrogen-bond acceptors (Lipinski definition) is 6. The van der Waals surface area contributed by atoms with Crippen LogP contribution in [0, 0.1) is 5.41 Å². The lowest BCUT2D eigenvalue weighted by Crippen LogP contribution is -2.56. The molecular formula is C21H37N3O4. The summed E-state index contributed by atoms with van der Waals surface area (Å²) in [6.45, 7) is 7.00. The fourth-order valence-corrected chi connectivity index (χ4v) is 5.68. The molecule has 1 spiro atoms. The predicted octanol–water partition coefficient (Wildman–Crippen LogP) is 1.89. The number of hydrogen-bond donors (Lipinski definition) is 1. The van der Waals surface area contributed by atoms with Gasteiger partial charge in [0.1, 0.15) is 0 Å². The number of aliphatic hydroxyl groups is 1. The number of piperidine rings is 1. The Labute approximate surface area is 168 Å². The van der Waals surface area contributed by atoms with Crippen molar-refractivity contribution in [1.82, 2.24) is 14.7 Å². The third-order valence-electron chi connectivity index (χ3n) is 7.44. The monoisotopic (exact) mass is 395 g/mol. The van der Waals surface area contributed by atoms with Crippen molar-refractivity contribution in [2.24, 2.45) is 5.41 Å². The number of likely N-dealkylation sites (tertiary alicyclic amines) is 2. The number of carbonyl (C=O) groups is 1. The molecule has 0 aromatic rings. The second-order valence-electron chi connectivity index (χ2n) is 9.32. The highest BCUT2D eigenvalue weighted by Crippen LogP contribution is 2.50. The number of nitrogens with zero attached hydrogens (tertiary/aromatic N) is 3. The minimum absolute atomic E-state index is 0.137. The van der Waals surface area contributed by atoms with Crippen LogP contribution in [0.5, 0.6) is 0 Å². The van der Waals surface area contributed by atoms with E-state index in [9.17, 15) is 9.90 Å². The van der Waals surface area contributed by atoms with Crippen molar-refractivity contribution in [1.29, 1.82) is 0 Å². The minimum Gasteiger partial charge on any atom is -0.450 e. The van der Waals surface area contributed by atoms with Gasteiger partial charge in [-0.05, 0) is 70.4 Å². The van der Waals surface area contributed by atoms with Gasteiger partial charge in [-0.3, -0.25) is 4.90 Å². The fraction of sp³-hybridized carbons (Fsp3) is 0.952. The molecule has 1 amide bonds. The molecule has 0 aromatic heterocycles. The van der Waals surface area contributed by atoms with Crippen LogP contribution in [0.25, 0.3) is 0 Å². The maximum Gasteiger partial charge on any atom is 0.409 e. The highest BCUT2D eigenvalue weighted by atomic mass is 16.6. The standard InChI is InChI=1S/C21H37N3O4/c1-3-28-20(26)23-11-8-21(15-23)12-18(13-21)22-9-6-17(7-10-22)24(16-4-5-16)14-19(25)27-2/h16-19,25H,3-15H2,1-2H3. The van der Waals surface area contributed by atoms with E-state index in [-0.39, 0.29) is 6.09 Å². The van der Waals surface area contributed by atoms with E-state index in [0.717, 1.165) is 32.6 Å². The summed E-state index contributed by atoms with van der Waals surface area (Å²) in [5.41, 5.74) is 0.344. The van der Waals surface area contributed by atoms with Crippen LogP contribution in [0.2, 0.25) is 0 Å². The van der Waals surface area contributed by atoms with Crippen molar-refractivity contribution in [3.05, 3.63) is 0 Å². The molecule has 4 aliphatic rings. The van der Waals surface area contributed by atoms with Gasteiger partial charge in [0.25, 0.3) is 0 Å². The highest BCUT2D eigenvalue weighted by Gasteiger charge is 2.51.